The zero-order chi connectivity index (χ0) is 17.7. The quantitative estimate of drug-likeness (QED) is 0.525. The molecule has 126 valence electrons. The first-order valence-corrected chi connectivity index (χ1v) is 6.59. The summed E-state index contributed by atoms with van der Waals surface area (Å²) in [5.41, 5.74) is -0.917. The van der Waals surface area contributed by atoms with Crippen molar-refractivity contribution in [3.05, 3.63) is 65.1 Å². The molecule has 1 N–H and O–H groups in total. The zero-order valence-electron chi connectivity index (χ0n) is 12.0. The number of nitrogens with zero attached hydrogens (tertiary/aromatic N) is 1. The number of pyridine rings is 1. The molecule has 1 heterocycles. The van der Waals surface area contributed by atoms with Gasteiger partial charge in [0, 0.05) is 17.8 Å². The van der Waals surface area contributed by atoms with E-state index in [2.05, 4.69) is 5.32 Å². The van der Waals surface area contributed by atoms with Crippen LogP contribution >= 0.6 is 0 Å². The lowest BCUT2D eigenvalue weighted by Crippen LogP contribution is -2.25. The number of aromatic nitrogens is 1. The lowest BCUT2D eigenvalue weighted by Gasteiger charge is -2.10. The molecule has 0 aliphatic rings. The molecule has 1 amide bonds. The van der Waals surface area contributed by atoms with Gasteiger partial charge in [-0.2, -0.15) is 17.9 Å². The number of halogens is 3. The molecule has 0 radical (unpaired) electrons. The maximum absolute atomic E-state index is 12.6. The number of alkyl halides is 3. The Balaban J connectivity index is 1.92. The van der Waals surface area contributed by atoms with E-state index in [-0.39, 0.29) is 11.3 Å². The fourth-order valence-corrected chi connectivity index (χ4v) is 1.73. The standard InChI is InChI=1S/C15H11F3N2O4/c16-15(17,18)11-2-1-3-12(8-11)19-13(21)9-24-14(22)10-4-6-20(23)7-5-10/h1-8H,9H2,(H,19,21). The predicted octanol–water partition coefficient (Wildman–Crippen LogP) is 2.13. The summed E-state index contributed by atoms with van der Waals surface area (Å²) >= 11 is 0. The van der Waals surface area contributed by atoms with Crippen molar-refractivity contribution in [2.45, 2.75) is 6.18 Å². The van der Waals surface area contributed by atoms with E-state index in [1.54, 1.807) is 0 Å². The van der Waals surface area contributed by atoms with E-state index in [9.17, 15) is 28.0 Å². The Morgan fingerprint density at radius 3 is 2.46 bits per heavy atom. The van der Waals surface area contributed by atoms with Crippen molar-refractivity contribution < 1.29 is 32.2 Å². The molecular formula is C15H11F3N2O4. The fraction of sp³-hybridized carbons (Fsp3) is 0.133. The number of nitrogens with one attached hydrogen (secondary N) is 1. The van der Waals surface area contributed by atoms with Crippen LogP contribution in [0.4, 0.5) is 18.9 Å². The predicted molar refractivity (Wildman–Crippen MR) is 75.8 cm³/mol. The van der Waals surface area contributed by atoms with Gasteiger partial charge in [-0.05, 0) is 18.2 Å². The van der Waals surface area contributed by atoms with Gasteiger partial charge in [-0.25, -0.2) is 4.79 Å². The number of ether oxygens (including phenoxy) is 1. The highest BCUT2D eigenvalue weighted by atomic mass is 19.4. The molecule has 0 fully saturated rings. The molecule has 6 nitrogen and oxygen atoms in total. The van der Waals surface area contributed by atoms with Crippen molar-refractivity contribution in [1.82, 2.24) is 0 Å². The number of benzene rings is 1. The van der Waals surface area contributed by atoms with E-state index in [1.165, 1.54) is 18.2 Å². The number of hydrogen-bond donors (Lipinski definition) is 1. The Labute approximate surface area is 134 Å². The van der Waals surface area contributed by atoms with Crippen LogP contribution < -0.4 is 10.0 Å². The van der Waals surface area contributed by atoms with E-state index in [0.717, 1.165) is 30.6 Å². The third-order valence-corrected chi connectivity index (χ3v) is 2.85. The molecule has 0 saturated heterocycles. The first-order chi connectivity index (χ1) is 11.3. The Morgan fingerprint density at radius 2 is 1.83 bits per heavy atom. The molecule has 0 unspecified atom stereocenters. The molecule has 0 atom stereocenters. The Kier molecular flexibility index (Phi) is 5.02. The summed E-state index contributed by atoms with van der Waals surface area (Å²) in [7, 11) is 0. The molecule has 0 saturated carbocycles. The average Bonchev–Trinajstić information content (AvgIpc) is 2.53. The number of amides is 1. The molecule has 1 aromatic heterocycles. The summed E-state index contributed by atoms with van der Waals surface area (Å²) < 4.78 is 42.9. The second-order valence-electron chi connectivity index (χ2n) is 4.65. The minimum atomic E-state index is -4.53. The van der Waals surface area contributed by atoms with Gasteiger partial charge in [0.15, 0.2) is 19.0 Å². The molecule has 0 spiro atoms. The first-order valence-electron chi connectivity index (χ1n) is 6.59. The molecule has 0 aliphatic heterocycles. The molecule has 24 heavy (non-hydrogen) atoms. The van der Waals surface area contributed by atoms with Gasteiger partial charge in [0.05, 0.1) is 11.1 Å². The molecule has 0 bridgehead atoms. The first kappa shape index (κ1) is 17.3. The number of hydrogen-bond acceptors (Lipinski definition) is 4. The van der Waals surface area contributed by atoms with E-state index >= 15 is 0 Å². The summed E-state index contributed by atoms with van der Waals surface area (Å²) in [4.78, 5) is 23.3. The largest absolute Gasteiger partial charge is 0.619 e. The van der Waals surface area contributed by atoms with Crippen LogP contribution in [0, 0.1) is 5.21 Å². The number of carbonyl (C=O) groups is 2. The van der Waals surface area contributed by atoms with Crippen molar-refractivity contribution in [3.63, 3.8) is 0 Å². The van der Waals surface area contributed by atoms with Gasteiger partial charge in [0.25, 0.3) is 5.91 Å². The molecule has 2 rings (SSSR count). The Bertz CT molecular complexity index is 745. The van der Waals surface area contributed by atoms with E-state index in [1.807, 2.05) is 0 Å². The normalized spacial score (nSPS) is 11.0. The van der Waals surface area contributed by atoms with Crippen LogP contribution in [0.5, 0.6) is 0 Å². The SMILES string of the molecule is O=C(COC(=O)c1cc[n+]([O-])cc1)Nc1cccc(C(F)(F)F)c1. The molecule has 0 aliphatic carbocycles. The minimum Gasteiger partial charge on any atom is -0.619 e. The fourth-order valence-electron chi connectivity index (χ4n) is 1.73. The lowest BCUT2D eigenvalue weighted by molar-refractivity contribution is -0.605. The summed E-state index contributed by atoms with van der Waals surface area (Å²) in [6, 6.07) is 6.48. The van der Waals surface area contributed by atoms with Crippen molar-refractivity contribution >= 4 is 17.6 Å². The van der Waals surface area contributed by atoms with Gasteiger partial charge >= 0.3 is 12.1 Å². The number of anilines is 1. The number of carbonyl (C=O) groups excluding carboxylic acids is 2. The van der Waals surface area contributed by atoms with Crippen LogP contribution in [0.25, 0.3) is 0 Å². The number of rotatable bonds is 4. The van der Waals surface area contributed by atoms with Crippen molar-refractivity contribution in [2.75, 3.05) is 11.9 Å². The highest BCUT2D eigenvalue weighted by Gasteiger charge is 2.30. The van der Waals surface area contributed by atoms with E-state index < -0.39 is 30.2 Å². The second kappa shape index (κ2) is 6.99. The monoisotopic (exact) mass is 340 g/mol. The van der Waals surface area contributed by atoms with Gasteiger partial charge in [0.2, 0.25) is 0 Å². The maximum atomic E-state index is 12.6. The van der Waals surface area contributed by atoms with Crippen LogP contribution in [0.1, 0.15) is 15.9 Å². The summed E-state index contributed by atoms with van der Waals surface area (Å²) in [6.07, 6.45) is -2.36. The highest BCUT2D eigenvalue weighted by Crippen LogP contribution is 2.30. The van der Waals surface area contributed by atoms with Crippen molar-refractivity contribution in [2.24, 2.45) is 0 Å². The summed E-state index contributed by atoms with van der Waals surface area (Å²) in [5.74, 6) is -1.63. The molecule has 2 aromatic rings. The maximum Gasteiger partial charge on any atom is 0.416 e. The summed E-state index contributed by atoms with van der Waals surface area (Å²) in [5, 5.41) is 13.0. The molecule has 9 heteroatoms. The average molecular weight is 340 g/mol. The molecular weight excluding hydrogens is 329 g/mol. The number of esters is 1. The highest BCUT2D eigenvalue weighted by molar-refractivity contribution is 5.95. The Hall–Kier alpha value is -3.10. The third-order valence-electron chi connectivity index (χ3n) is 2.85. The van der Waals surface area contributed by atoms with Gasteiger partial charge in [-0.15, -0.1) is 0 Å². The summed E-state index contributed by atoms with van der Waals surface area (Å²) in [6.45, 7) is -0.679. The van der Waals surface area contributed by atoms with Crippen LogP contribution in [0.15, 0.2) is 48.8 Å². The van der Waals surface area contributed by atoms with Gasteiger partial charge < -0.3 is 15.3 Å². The van der Waals surface area contributed by atoms with E-state index in [4.69, 9.17) is 4.74 Å². The van der Waals surface area contributed by atoms with Crippen LogP contribution in [-0.2, 0) is 15.7 Å². The minimum absolute atomic E-state index is 0.0639. The van der Waals surface area contributed by atoms with Gasteiger partial charge in [-0.3, -0.25) is 4.79 Å². The Morgan fingerprint density at radius 1 is 1.17 bits per heavy atom. The van der Waals surface area contributed by atoms with Crippen LogP contribution in [-0.4, -0.2) is 18.5 Å². The van der Waals surface area contributed by atoms with E-state index in [0.29, 0.717) is 4.73 Å². The van der Waals surface area contributed by atoms with Crippen molar-refractivity contribution in [3.8, 4) is 0 Å². The van der Waals surface area contributed by atoms with Gasteiger partial charge in [-0.1, -0.05) is 6.07 Å². The second-order valence-corrected chi connectivity index (χ2v) is 4.65. The molecule has 1 aromatic carbocycles. The van der Waals surface area contributed by atoms with Crippen molar-refractivity contribution in [1.29, 1.82) is 0 Å². The van der Waals surface area contributed by atoms with Crippen LogP contribution in [0.3, 0.4) is 0 Å². The zero-order valence-corrected chi connectivity index (χ0v) is 12.0. The lowest BCUT2D eigenvalue weighted by atomic mass is 10.2. The van der Waals surface area contributed by atoms with Gasteiger partial charge in [0.1, 0.15) is 0 Å². The smallest absolute Gasteiger partial charge is 0.416 e. The topological polar surface area (TPSA) is 82.3 Å². The third kappa shape index (κ3) is 4.70. The van der Waals surface area contributed by atoms with Crippen LogP contribution in [0.2, 0.25) is 0 Å².